The normalized spacial score (nSPS) is 15.4. The summed E-state index contributed by atoms with van der Waals surface area (Å²) in [5.74, 6) is -18.3. The second kappa shape index (κ2) is 44.0. The van der Waals surface area contributed by atoms with Crippen LogP contribution in [0.1, 0.15) is 97.1 Å². The molecule has 0 spiro atoms. The van der Waals surface area contributed by atoms with Crippen molar-refractivity contribution < 1.29 is 103 Å². The van der Waals surface area contributed by atoms with Gasteiger partial charge in [-0.1, -0.05) is 76.6 Å². The predicted octanol–water partition coefficient (Wildman–Crippen LogP) is -5.93. The number of carboxylic acids is 2. The first-order valence-corrected chi connectivity index (χ1v) is 33.6. The summed E-state index contributed by atoms with van der Waals surface area (Å²) in [5.41, 5.74) is 17.6. The molecule has 35 nitrogen and oxygen atoms in total. The van der Waals surface area contributed by atoms with Crippen molar-refractivity contribution >= 4 is 113 Å². The van der Waals surface area contributed by atoms with E-state index in [-0.39, 0.29) is 31.4 Å². The molecular weight excluding hydrogens is 1340 g/mol. The van der Waals surface area contributed by atoms with E-state index < -0.39 is 237 Å². The number of carboxylic acid groups (broad SMARTS) is 2. The Labute approximate surface area is 580 Å². The zero-order valence-electron chi connectivity index (χ0n) is 55.7. The van der Waals surface area contributed by atoms with Crippen molar-refractivity contribution in [2.45, 2.75) is 177 Å². The largest absolute Gasteiger partial charge is 0.508 e. The van der Waals surface area contributed by atoms with Crippen LogP contribution >= 0.6 is 24.4 Å². The van der Waals surface area contributed by atoms with E-state index in [1.807, 2.05) is 0 Å². The van der Waals surface area contributed by atoms with Crippen LogP contribution in [0, 0.1) is 11.8 Å². The van der Waals surface area contributed by atoms with Gasteiger partial charge < -0.3 is 106 Å². The SMILES string of the molecule is CC[C@H](C)[C@H](NC(=O)[C@H](CS)NC(=O)[C@H](Cc1ccccc1)NC(=O)[C@H](CCC(N)=O)NC(=O)[C@H](CCC(N)=O)NC(=O)[C@@H](NC(=O)[C@H](CO)NC(=O)[C@@H](NC(=O)[C@@H](N)CCSC)[C@@H](C)O)C(C)C)C(=O)N[C@@H](Cc1ccc(O)cc1)C(=O)N[C@@H](CO)C(=O)N[C@@H](CCC(=O)O)C(=O)O. The smallest absolute Gasteiger partial charge is 0.326 e. The molecule has 2 rings (SSSR count). The maximum Gasteiger partial charge on any atom is 0.326 e. The Hall–Kier alpha value is -9.17. The Bertz CT molecular complexity index is 3100. The van der Waals surface area contributed by atoms with Crippen LogP contribution in [0.15, 0.2) is 54.6 Å². The van der Waals surface area contributed by atoms with Gasteiger partial charge >= 0.3 is 11.9 Å². The molecule has 0 heterocycles. The molecule has 2 aromatic rings. The molecule has 0 aliphatic carbocycles. The standard InChI is InChI=1S/C62H94N14O21S2/c1-7-31(4)49(60(94)70-41(26-34-13-15-35(80)16-14-34)54(88)71-42(27-77)56(90)68-39(62(96)97)19-22-47(83)84)75-58(92)44(29-98)73-55(89)40(25-33-11-9-8-10-12-33)69-53(87)37(17-20-45(64)81)66-52(86)38(18-21-46(65)82)67-59(93)48(30(2)3)74-57(91)43(28-78)72-61(95)50(32(5)79)76-51(85)36(63)23-24-99-6/h8-16,30-32,36-44,48-50,77-80,98H,7,17-29,63H2,1-6H3,(H2,64,81)(H2,65,82)(H,66,86)(H,67,93)(H,68,90)(H,69,87)(H,70,94)(H,71,88)(H,72,95)(H,73,89)(H,74,91)(H,75,92)(H,76,85)(H,83,84)(H,96,97)/t31-,32+,36-,37-,38-,39-,40-,41-,42-,43-,44-,48-,49-,50-/m0/s1. The highest BCUT2D eigenvalue weighted by molar-refractivity contribution is 7.98. The maximum absolute atomic E-state index is 14.5. The number of amides is 13. The number of aliphatic carboxylic acids is 2. The molecule has 550 valence electrons. The molecule has 0 unspecified atom stereocenters. The number of carbonyl (C=O) groups is 15. The summed E-state index contributed by atoms with van der Waals surface area (Å²) in [6, 6.07) is -6.10. The van der Waals surface area contributed by atoms with Crippen LogP contribution < -0.4 is 75.7 Å². The molecular formula is C62H94N14O21S2. The first kappa shape index (κ1) is 85.9. The fourth-order valence-corrected chi connectivity index (χ4v) is 10.0. The molecule has 13 amide bonds. The van der Waals surface area contributed by atoms with Gasteiger partial charge in [0.1, 0.15) is 72.2 Å². The van der Waals surface area contributed by atoms with Crippen molar-refractivity contribution in [2.75, 3.05) is 31.0 Å². The first-order valence-electron chi connectivity index (χ1n) is 31.5. The number of rotatable bonds is 46. The molecule has 99 heavy (non-hydrogen) atoms. The van der Waals surface area contributed by atoms with E-state index >= 15 is 0 Å². The van der Waals surface area contributed by atoms with Crippen LogP contribution in [-0.4, -0.2) is 229 Å². The molecule has 14 atom stereocenters. The van der Waals surface area contributed by atoms with E-state index in [0.29, 0.717) is 16.9 Å². The predicted molar refractivity (Wildman–Crippen MR) is 360 cm³/mol. The van der Waals surface area contributed by atoms with Crippen LogP contribution in [0.4, 0.5) is 0 Å². The first-order chi connectivity index (χ1) is 46.6. The lowest BCUT2D eigenvalue weighted by atomic mass is 9.96. The van der Waals surface area contributed by atoms with Gasteiger partial charge in [-0.3, -0.25) is 67.1 Å². The lowest BCUT2D eigenvalue weighted by Crippen LogP contribution is -2.62. The molecule has 2 aromatic carbocycles. The Morgan fingerprint density at radius 1 is 0.465 bits per heavy atom. The fourth-order valence-electron chi connectivity index (χ4n) is 9.29. The number of aromatic hydroxyl groups is 1. The number of hydrogen-bond donors (Lipinski definition) is 21. The number of aliphatic hydroxyl groups is 3. The Balaban J connectivity index is 2.50. The molecule has 37 heteroatoms. The number of thioether (sulfide) groups is 1. The van der Waals surface area contributed by atoms with E-state index in [4.69, 9.17) is 22.3 Å². The average Bonchev–Trinajstić information content (AvgIpc) is 0.867. The summed E-state index contributed by atoms with van der Waals surface area (Å²) >= 11 is 5.71. The molecule has 0 saturated heterocycles. The number of aliphatic hydroxyl groups excluding tert-OH is 3. The Morgan fingerprint density at radius 2 is 0.838 bits per heavy atom. The second-order valence-corrected chi connectivity index (χ2v) is 24.9. The van der Waals surface area contributed by atoms with Gasteiger partial charge in [0.05, 0.1) is 25.4 Å². The van der Waals surface area contributed by atoms with Crippen LogP contribution in [0.3, 0.4) is 0 Å². The Kier molecular flexibility index (Phi) is 38.2. The molecule has 0 aliphatic rings. The third-order valence-electron chi connectivity index (χ3n) is 15.3. The monoisotopic (exact) mass is 1430 g/mol. The van der Waals surface area contributed by atoms with Gasteiger partial charge in [-0.2, -0.15) is 24.4 Å². The summed E-state index contributed by atoms with van der Waals surface area (Å²) in [5, 5.41) is 85.5. The van der Waals surface area contributed by atoms with Crippen molar-refractivity contribution in [3.63, 3.8) is 0 Å². The highest BCUT2D eigenvalue weighted by Gasteiger charge is 2.39. The van der Waals surface area contributed by atoms with Gasteiger partial charge in [-0.25, -0.2) is 4.79 Å². The van der Waals surface area contributed by atoms with Gasteiger partial charge in [0.25, 0.3) is 0 Å². The number of phenolic OH excluding ortho intramolecular Hbond substituents is 1. The van der Waals surface area contributed by atoms with Gasteiger partial charge in [-0.05, 0) is 79.7 Å². The van der Waals surface area contributed by atoms with Gasteiger partial charge in [0.2, 0.25) is 76.8 Å². The number of nitrogens with two attached hydrogens (primary N) is 3. The number of hydrogen-bond acceptors (Lipinski definition) is 22. The summed E-state index contributed by atoms with van der Waals surface area (Å²) in [6.07, 6.45) is -3.34. The summed E-state index contributed by atoms with van der Waals surface area (Å²) in [7, 11) is 0. The summed E-state index contributed by atoms with van der Waals surface area (Å²) in [6.45, 7) is 5.19. The van der Waals surface area contributed by atoms with Crippen molar-refractivity contribution in [1.29, 1.82) is 0 Å². The minimum absolute atomic E-state index is 0.163. The molecule has 0 saturated carbocycles. The third kappa shape index (κ3) is 30.6. The number of nitrogens with one attached hydrogen (secondary N) is 11. The minimum atomic E-state index is -1.84. The highest BCUT2D eigenvalue weighted by Crippen LogP contribution is 2.16. The van der Waals surface area contributed by atoms with Crippen LogP contribution in [-0.2, 0) is 84.8 Å². The number of carbonyl (C=O) groups excluding carboxylic acids is 13. The topological polar surface area (TPSA) is 588 Å². The molecule has 0 aromatic heterocycles. The second-order valence-electron chi connectivity index (χ2n) is 23.6. The molecule has 0 bridgehead atoms. The maximum atomic E-state index is 14.5. The van der Waals surface area contributed by atoms with E-state index in [2.05, 4.69) is 71.1 Å². The van der Waals surface area contributed by atoms with Gasteiger partial charge in [0, 0.05) is 37.9 Å². The van der Waals surface area contributed by atoms with Crippen LogP contribution in [0.2, 0.25) is 0 Å². The van der Waals surface area contributed by atoms with Crippen molar-refractivity contribution in [2.24, 2.45) is 29.0 Å². The van der Waals surface area contributed by atoms with Gasteiger partial charge in [-0.15, -0.1) is 0 Å². The third-order valence-corrected chi connectivity index (χ3v) is 16.3. The van der Waals surface area contributed by atoms with Gasteiger partial charge in [0.15, 0.2) is 0 Å². The number of benzene rings is 2. The summed E-state index contributed by atoms with van der Waals surface area (Å²) in [4.78, 5) is 200. The van der Waals surface area contributed by atoms with E-state index in [1.54, 1.807) is 50.4 Å². The van der Waals surface area contributed by atoms with Crippen molar-refractivity contribution in [3.8, 4) is 5.75 Å². The minimum Gasteiger partial charge on any atom is -0.508 e. The summed E-state index contributed by atoms with van der Waals surface area (Å²) < 4.78 is 0. The van der Waals surface area contributed by atoms with E-state index in [1.165, 1.54) is 56.8 Å². The number of primary amides is 2. The van der Waals surface area contributed by atoms with E-state index in [9.17, 15) is 97.5 Å². The quantitative estimate of drug-likeness (QED) is 0.0275. The molecule has 0 aliphatic heterocycles. The zero-order valence-corrected chi connectivity index (χ0v) is 57.4. The highest BCUT2D eigenvalue weighted by atomic mass is 32.2. The number of thiol groups is 1. The molecule has 23 N–H and O–H groups in total. The molecule has 0 fully saturated rings. The van der Waals surface area contributed by atoms with E-state index in [0.717, 1.165) is 0 Å². The zero-order chi connectivity index (χ0) is 74.8. The van der Waals surface area contributed by atoms with Crippen LogP contribution in [0.5, 0.6) is 5.75 Å². The Morgan fingerprint density at radius 3 is 1.29 bits per heavy atom. The molecule has 0 radical (unpaired) electrons. The van der Waals surface area contributed by atoms with Crippen molar-refractivity contribution in [3.05, 3.63) is 65.7 Å². The fraction of sp³-hybridized carbons (Fsp3) is 0.565. The average molecular weight is 1440 g/mol. The lowest BCUT2D eigenvalue weighted by molar-refractivity contribution is -0.144. The lowest BCUT2D eigenvalue weighted by Gasteiger charge is -2.29. The number of phenols is 1. The van der Waals surface area contributed by atoms with Crippen molar-refractivity contribution in [1.82, 2.24) is 58.5 Å². The van der Waals surface area contributed by atoms with Crippen LogP contribution in [0.25, 0.3) is 0 Å².